The first-order chi connectivity index (χ1) is 15.4. The summed E-state index contributed by atoms with van der Waals surface area (Å²) in [6, 6.07) is 10.4. The van der Waals surface area contributed by atoms with Crippen molar-refractivity contribution in [3.63, 3.8) is 0 Å². The van der Waals surface area contributed by atoms with Crippen LogP contribution in [0.5, 0.6) is 5.75 Å². The number of hydrogen-bond donors (Lipinski definition) is 2. The molecular formula is C24H28FN5O2. The highest BCUT2D eigenvalue weighted by Gasteiger charge is 2.27. The number of benzene rings is 2. The number of carbonyl (C=O) groups is 1. The van der Waals surface area contributed by atoms with Gasteiger partial charge in [0.05, 0.1) is 23.5 Å². The maximum Gasteiger partial charge on any atom is 0.231 e. The number of halogens is 1. The van der Waals surface area contributed by atoms with E-state index in [9.17, 15) is 9.18 Å². The van der Waals surface area contributed by atoms with Crippen molar-refractivity contribution in [1.82, 2.24) is 15.1 Å². The van der Waals surface area contributed by atoms with Crippen molar-refractivity contribution in [3.8, 4) is 16.9 Å². The van der Waals surface area contributed by atoms with Crippen LogP contribution >= 0.6 is 0 Å². The standard InChI is InChI=1S/C24H28FN5O2/c1-29(2)8-9-30(3)22-12-16(19-13-26-27-14-19)4-6-21(22)28-24(31)18-10-17-11-20(25)5-7-23(17)32-15-18/h4-7,11-14,18H,8-10,15H2,1-3H3,(H,26,27)(H,28,31). The number of fused-ring (bicyclic) bond motifs is 1. The number of likely N-dealkylation sites (N-methyl/N-ethyl adjacent to an activating group) is 2. The Morgan fingerprint density at radius 3 is 2.78 bits per heavy atom. The van der Waals surface area contributed by atoms with Crippen molar-refractivity contribution >= 4 is 17.3 Å². The Labute approximate surface area is 187 Å². The second kappa shape index (κ2) is 9.40. The van der Waals surface area contributed by atoms with Crippen LogP contribution in [0.25, 0.3) is 11.1 Å². The molecule has 2 N–H and O–H groups in total. The van der Waals surface area contributed by atoms with Gasteiger partial charge in [-0.15, -0.1) is 0 Å². The fourth-order valence-corrected chi connectivity index (χ4v) is 3.78. The number of hydrogen-bond acceptors (Lipinski definition) is 5. The van der Waals surface area contributed by atoms with Crippen LogP contribution in [0.4, 0.5) is 15.8 Å². The van der Waals surface area contributed by atoms with Crippen LogP contribution in [0.3, 0.4) is 0 Å². The Balaban J connectivity index is 1.56. The van der Waals surface area contributed by atoms with Crippen LogP contribution in [0.15, 0.2) is 48.8 Å². The second-order valence-electron chi connectivity index (χ2n) is 8.40. The van der Waals surface area contributed by atoms with Crippen LogP contribution in [-0.2, 0) is 11.2 Å². The summed E-state index contributed by atoms with van der Waals surface area (Å²) in [7, 11) is 6.07. The Bertz CT molecular complexity index is 1080. The first-order valence-electron chi connectivity index (χ1n) is 10.6. The number of rotatable bonds is 7. The normalized spacial score (nSPS) is 15.2. The van der Waals surface area contributed by atoms with E-state index in [-0.39, 0.29) is 18.3 Å². The van der Waals surface area contributed by atoms with E-state index in [0.717, 1.165) is 41.2 Å². The zero-order valence-corrected chi connectivity index (χ0v) is 18.6. The lowest BCUT2D eigenvalue weighted by atomic mass is 9.95. The summed E-state index contributed by atoms with van der Waals surface area (Å²) in [6.45, 7) is 1.94. The van der Waals surface area contributed by atoms with E-state index in [2.05, 4.69) is 31.4 Å². The average Bonchev–Trinajstić information content (AvgIpc) is 3.32. The maximum atomic E-state index is 13.6. The lowest BCUT2D eigenvalue weighted by molar-refractivity contribution is -0.121. The van der Waals surface area contributed by atoms with Crippen molar-refractivity contribution in [2.24, 2.45) is 5.92 Å². The molecule has 1 unspecified atom stereocenters. The van der Waals surface area contributed by atoms with E-state index in [1.807, 2.05) is 39.5 Å². The van der Waals surface area contributed by atoms with Gasteiger partial charge in [-0.3, -0.25) is 9.89 Å². The zero-order valence-electron chi connectivity index (χ0n) is 18.6. The summed E-state index contributed by atoms with van der Waals surface area (Å²) in [5.74, 6) is -0.215. The minimum Gasteiger partial charge on any atom is -0.492 e. The number of amides is 1. The van der Waals surface area contributed by atoms with Gasteiger partial charge >= 0.3 is 0 Å². The molecule has 0 bridgehead atoms. The molecule has 1 amide bonds. The summed E-state index contributed by atoms with van der Waals surface area (Å²) in [4.78, 5) is 17.3. The molecule has 32 heavy (non-hydrogen) atoms. The number of aromatic amines is 1. The quantitative estimate of drug-likeness (QED) is 0.593. The van der Waals surface area contributed by atoms with Gasteiger partial charge in [0.15, 0.2) is 0 Å². The predicted octanol–water partition coefficient (Wildman–Crippen LogP) is 3.40. The van der Waals surface area contributed by atoms with Crippen LogP contribution in [0.1, 0.15) is 5.56 Å². The molecule has 0 spiro atoms. The fraction of sp³-hybridized carbons (Fsp3) is 0.333. The Hall–Kier alpha value is -3.39. The van der Waals surface area contributed by atoms with Gasteiger partial charge < -0.3 is 19.9 Å². The van der Waals surface area contributed by atoms with Crippen molar-refractivity contribution in [2.45, 2.75) is 6.42 Å². The number of nitrogens with zero attached hydrogens (tertiary/aromatic N) is 3. The van der Waals surface area contributed by atoms with E-state index < -0.39 is 5.92 Å². The molecule has 7 nitrogen and oxygen atoms in total. The third kappa shape index (κ3) is 4.91. The highest BCUT2D eigenvalue weighted by molar-refractivity contribution is 5.97. The lowest BCUT2D eigenvalue weighted by Crippen LogP contribution is -2.33. The van der Waals surface area contributed by atoms with Gasteiger partial charge in [0, 0.05) is 31.9 Å². The lowest BCUT2D eigenvalue weighted by Gasteiger charge is -2.27. The minimum absolute atomic E-state index is 0.141. The number of anilines is 2. The molecule has 2 aromatic carbocycles. The Kier molecular flexibility index (Phi) is 6.41. The molecule has 0 fully saturated rings. The van der Waals surface area contributed by atoms with E-state index in [1.54, 1.807) is 12.3 Å². The number of H-pyrrole nitrogens is 1. The van der Waals surface area contributed by atoms with Crippen LogP contribution in [0.2, 0.25) is 0 Å². The molecule has 2 heterocycles. The molecule has 4 rings (SSSR count). The molecule has 1 aliphatic rings. The van der Waals surface area contributed by atoms with Crippen molar-refractivity contribution < 1.29 is 13.9 Å². The molecule has 1 atom stereocenters. The number of ether oxygens (including phenoxy) is 1. The molecule has 168 valence electrons. The smallest absolute Gasteiger partial charge is 0.231 e. The molecule has 0 saturated carbocycles. The van der Waals surface area contributed by atoms with E-state index in [1.165, 1.54) is 12.1 Å². The Morgan fingerprint density at radius 1 is 1.19 bits per heavy atom. The summed E-state index contributed by atoms with van der Waals surface area (Å²) in [6.07, 6.45) is 4.05. The average molecular weight is 438 g/mol. The summed E-state index contributed by atoms with van der Waals surface area (Å²) in [5, 5.41) is 9.95. The van der Waals surface area contributed by atoms with Crippen LogP contribution < -0.4 is 15.0 Å². The monoisotopic (exact) mass is 437 g/mol. The van der Waals surface area contributed by atoms with Crippen LogP contribution in [-0.4, -0.2) is 61.8 Å². The first-order valence-corrected chi connectivity index (χ1v) is 10.6. The Morgan fingerprint density at radius 2 is 2.03 bits per heavy atom. The number of nitrogens with one attached hydrogen (secondary N) is 2. The van der Waals surface area contributed by atoms with E-state index >= 15 is 0 Å². The molecule has 0 aliphatic carbocycles. The van der Waals surface area contributed by atoms with Gasteiger partial charge in [0.25, 0.3) is 0 Å². The third-order valence-electron chi connectivity index (χ3n) is 5.68. The van der Waals surface area contributed by atoms with Crippen LogP contribution in [0, 0.1) is 11.7 Å². The maximum absolute atomic E-state index is 13.6. The van der Waals surface area contributed by atoms with Crippen molar-refractivity contribution in [1.29, 1.82) is 0 Å². The number of aromatic nitrogens is 2. The van der Waals surface area contributed by atoms with E-state index in [0.29, 0.717) is 12.2 Å². The summed E-state index contributed by atoms with van der Waals surface area (Å²) >= 11 is 0. The molecular weight excluding hydrogens is 409 g/mol. The van der Waals surface area contributed by atoms with Gasteiger partial charge in [-0.25, -0.2) is 4.39 Å². The molecule has 3 aromatic rings. The highest BCUT2D eigenvalue weighted by Crippen LogP contribution is 2.33. The SMILES string of the molecule is CN(C)CCN(C)c1cc(-c2cn[nH]c2)ccc1NC(=O)C1COc2ccc(F)cc2C1. The molecule has 0 radical (unpaired) electrons. The zero-order chi connectivity index (χ0) is 22.7. The molecule has 1 aliphatic heterocycles. The highest BCUT2D eigenvalue weighted by atomic mass is 19.1. The molecule has 0 saturated heterocycles. The van der Waals surface area contributed by atoms with Crippen molar-refractivity contribution in [3.05, 3.63) is 60.2 Å². The summed E-state index contributed by atoms with van der Waals surface area (Å²) < 4.78 is 19.3. The predicted molar refractivity (Wildman–Crippen MR) is 124 cm³/mol. The first kappa shape index (κ1) is 21.8. The number of carbonyl (C=O) groups excluding carboxylic acids is 1. The van der Waals surface area contributed by atoms with Crippen molar-refractivity contribution in [2.75, 3.05) is 51.1 Å². The largest absolute Gasteiger partial charge is 0.492 e. The van der Waals surface area contributed by atoms with E-state index in [4.69, 9.17) is 4.74 Å². The van der Waals surface area contributed by atoms with Gasteiger partial charge in [-0.2, -0.15) is 5.10 Å². The van der Waals surface area contributed by atoms with Gasteiger partial charge in [0.1, 0.15) is 18.2 Å². The third-order valence-corrected chi connectivity index (χ3v) is 5.68. The van der Waals surface area contributed by atoms with Gasteiger partial charge in [-0.05, 0) is 62.0 Å². The van der Waals surface area contributed by atoms with Gasteiger partial charge in [-0.1, -0.05) is 6.07 Å². The topological polar surface area (TPSA) is 73.5 Å². The fourth-order valence-electron chi connectivity index (χ4n) is 3.78. The minimum atomic E-state index is -0.391. The molecule has 8 heteroatoms. The second-order valence-corrected chi connectivity index (χ2v) is 8.40. The molecule has 1 aromatic heterocycles. The summed E-state index contributed by atoms with van der Waals surface area (Å²) in [5.41, 5.74) is 4.35. The van der Waals surface area contributed by atoms with Gasteiger partial charge in [0.2, 0.25) is 5.91 Å².